The Labute approximate surface area is 164 Å². The predicted molar refractivity (Wildman–Crippen MR) is 109 cm³/mol. The third-order valence-electron chi connectivity index (χ3n) is 5.32. The Morgan fingerprint density at radius 1 is 0.964 bits per heavy atom. The molecule has 2 heterocycles. The molecule has 1 amide bonds. The van der Waals surface area contributed by atoms with E-state index in [0.29, 0.717) is 24.1 Å². The number of hydrogen-bond donors (Lipinski definition) is 0. The van der Waals surface area contributed by atoms with Gasteiger partial charge in [-0.15, -0.1) is 0 Å². The lowest BCUT2D eigenvalue weighted by Gasteiger charge is -2.34. The van der Waals surface area contributed by atoms with Crippen molar-refractivity contribution in [2.45, 2.75) is 19.9 Å². The smallest absolute Gasteiger partial charge is 0.289 e. The van der Waals surface area contributed by atoms with E-state index in [1.807, 2.05) is 37.3 Å². The van der Waals surface area contributed by atoms with E-state index in [9.17, 15) is 9.59 Å². The zero-order valence-electron chi connectivity index (χ0n) is 16.1. The minimum Gasteiger partial charge on any atom is -0.451 e. The molecule has 4 rings (SSSR count). The van der Waals surface area contributed by atoms with E-state index in [1.165, 1.54) is 11.6 Å². The molecule has 1 fully saturated rings. The zero-order valence-corrected chi connectivity index (χ0v) is 16.1. The Kier molecular flexibility index (Phi) is 5.26. The van der Waals surface area contributed by atoms with Crippen molar-refractivity contribution in [2.75, 3.05) is 26.2 Å². The van der Waals surface area contributed by atoms with Crippen molar-refractivity contribution in [3.05, 3.63) is 81.7 Å². The van der Waals surface area contributed by atoms with Crippen molar-refractivity contribution < 1.29 is 9.21 Å². The molecular weight excluding hydrogens is 352 g/mol. The Bertz CT molecular complexity index is 1030. The van der Waals surface area contributed by atoms with Crippen LogP contribution in [0.25, 0.3) is 11.0 Å². The van der Waals surface area contributed by atoms with Crippen LogP contribution < -0.4 is 5.43 Å². The molecule has 1 saturated heterocycles. The van der Waals surface area contributed by atoms with Gasteiger partial charge in [0.25, 0.3) is 5.91 Å². The largest absolute Gasteiger partial charge is 0.451 e. The van der Waals surface area contributed by atoms with E-state index in [2.05, 4.69) is 17.0 Å². The molecule has 5 heteroatoms. The molecule has 1 aliphatic heterocycles. The first-order valence-electron chi connectivity index (χ1n) is 9.76. The summed E-state index contributed by atoms with van der Waals surface area (Å²) in [5, 5.41) is 0.531. The van der Waals surface area contributed by atoms with Crippen LogP contribution in [-0.2, 0) is 13.0 Å². The lowest BCUT2D eigenvalue weighted by molar-refractivity contribution is 0.0598. The molecule has 0 aliphatic carbocycles. The maximum absolute atomic E-state index is 12.9. The Morgan fingerprint density at radius 2 is 1.71 bits per heavy atom. The van der Waals surface area contributed by atoms with Gasteiger partial charge in [-0.1, -0.05) is 43.3 Å². The maximum atomic E-state index is 12.9. The van der Waals surface area contributed by atoms with E-state index in [4.69, 9.17) is 4.42 Å². The maximum Gasteiger partial charge on any atom is 0.289 e. The summed E-state index contributed by atoms with van der Waals surface area (Å²) >= 11 is 0. The fraction of sp³-hybridized carbons (Fsp3) is 0.304. The van der Waals surface area contributed by atoms with Gasteiger partial charge in [-0.05, 0) is 29.7 Å². The van der Waals surface area contributed by atoms with Crippen LogP contribution in [0, 0.1) is 0 Å². The number of piperazine rings is 1. The van der Waals surface area contributed by atoms with E-state index < -0.39 is 0 Å². The van der Waals surface area contributed by atoms with Gasteiger partial charge in [-0.3, -0.25) is 14.5 Å². The first kappa shape index (κ1) is 18.4. The molecule has 1 aromatic heterocycles. The number of aryl methyl sites for hydroxylation is 1. The summed E-state index contributed by atoms with van der Waals surface area (Å²) in [6.07, 6.45) is 0.851. The normalized spacial score (nSPS) is 15.1. The van der Waals surface area contributed by atoms with Crippen LogP contribution in [0.15, 0.2) is 63.8 Å². The number of fused-ring (bicyclic) bond motifs is 1. The molecule has 0 unspecified atom stereocenters. The lowest BCUT2D eigenvalue weighted by Crippen LogP contribution is -2.48. The van der Waals surface area contributed by atoms with E-state index >= 15 is 0 Å². The Balaban J connectivity index is 1.46. The van der Waals surface area contributed by atoms with Gasteiger partial charge in [0, 0.05) is 38.8 Å². The van der Waals surface area contributed by atoms with Gasteiger partial charge in [0.2, 0.25) is 0 Å². The average Bonchev–Trinajstić information content (AvgIpc) is 2.74. The van der Waals surface area contributed by atoms with Crippen LogP contribution in [0.2, 0.25) is 0 Å². The van der Waals surface area contributed by atoms with Crippen LogP contribution in [0.4, 0.5) is 0 Å². The third-order valence-corrected chi connectivity index (χ3v) is 5.32. The minimum absolute atomic E-state index is 0.123. The molecule has 28 heavy (non-hydrogen) atoms. The van der Waals surface area contributed by atoms with E-state index in [0.717, 1.165) is 31.6 Å². The van der Waals surface area contributed by atoms with Crippen molar-refractivity contribution in [3.63, 3.8) is 0 Å². The van der Waals surface area contributed by atoms with Crippen LogP contribution in [0.1, 0.15) is 28.6 Å². The first-order chi connectivity index (χ1) is 13.6. The SMILES string of the molecule is CCc1ccc2oc(C(=O)N3CCN(Cc4ccccc4)CC3)cc(=O)c2c1. The highest BCUT2D eigenvalue weighted by Gasteiger charge is 2.24. The van der Waals surface area contributed by atoms with Gasteiger partial charge >= 0.3 is 0 Å². The molecule has 0 bridgehead atoms. The molecule has 1 aliphatic rings. The molecule has 0 spiro atoms. The number of carbonyl (C=O) groups excluding carboxylic acids is 1. The van der Waals surface area contributed by atoms with Gasteiger partial charge in [0.1, 0.15) is 5.58 Å². The molecule has 0 atom stereocenters. The Morgan fingerprint density at radius 3 is 2.43 bits per heavy atom. The van der Waals surface area contributed by atoms with Crippen LogP contribution >= 0.6 is 0 Å². The fourth-order valence-corrected chi connectivity index (χ4v) is 3.64. The third kappa shape index (κ3) is 3.85. The second kappa shape index (κ2) is 7.98. The quantitative estimate of drug-likeness (QED) is 0.701. The van der Waals surface area contributed by atoms with Crippen LogP contribution in [-0.4, -0.2) is 41.9 Å². The summed E-state index contributed by atoms with van der Waals surface area (Å²) in [6, 6.07) is 17.2. The minimum atomic E-state index is -0.210. The summed E-state index contributed by atoms with van der Waals surface area (Å²) in [5.41, 5.74) is 2.65. The van der Waals surface area contributed by atoms with Crippen LogP contribution in [0.5, 0.6) is 0 Å². The number of amides is 1. The van der Waals surface area contributed by atoms with Crippen molar-refractivity contribution >= 4 is 16.9 Å². The van der Waals surface area contributed by atoms with Crippen molar-refractivity contribution in [2.24, 2.45) is 0 Å². The average molecular weight is 376 g/mol. The zero-order chi connectivity index (χ0) is 19.5. The predicted octanol–water partition coefficient (Wildman–Crippen LogP) is 3.31. The fourth-order valence-electron chi connectivity index (χ4n) is 3.64. The van der Waals surface area contributed by atoms with E-state index in [-0.39, 0.29) is 17.1 Å². The van der Waals surface area contributed by atoms with Crippen molar-refractivity contribution in [3.8, 4) is 0 Å². The number of nitrogens with zero attached hydrogens (tertiary/aromatic N) is 2. The monoisotopic (exact) mass is 376 g/mol. The highest BCUT2D eigenvalue weighted by Crippen LogP contribution is 2.17. The second-order valence-corrected chi connectivity index (χ2v) is 7.21. The van der Waals surface area contributed by atoms with Crippen molar-refractivity contribution in [1.29, 1.82) is 0 Å². The molecular formula is C23H24N2O3. The van der Waals surface area contributed by atoms with Gasteiger partial charge < -0.3 is 9.32 Å². The van der Waals surface area contributed by atoms with Gasteiger partial charge in [0.15, 0.2) is 11.2 Å². The summed E-state index contributed by atoms with van der Waals surface area (Å²) in [5.74, 6) is -0.0869. The lowest BCUT2D eigenvalue weighted by atomic mass is 10.1. The summed E-state index contributed by atoms with van der Waals surface area (Å²) in [4.78, 5) is 29.4. The number of carbonyl (C=O) groups is 1. The topological polar surface area (TPSA) is 53.8 Å². The van der Waals surface area contributed by atoms with Gasteiger partial charge in [0.05, 0.1) is 5.39 Å². The molecule has 5 nitrogen and oxygen atoms in total. The van der Waals surface area contributed by atoms with Crippen LogP contribution in [0.3, 0.4) is 0 Å². The molecule has 144 valence electrons. The first-order valence-corrected chi connectivity index (χ1v) is 9.76. The summed E-state index contributed by atoms with van der Waals surface area (Å²) in [6.45, 7) is 5.78. The molecule has 2 aromatic carbocycles. The molecule has 0 N–H and O–H groups in total. The second-order valence-electron chi connectivity index (χ2n) is 7.21. The molecule has 0 saturated carbocycles. The molecule has 3 aromatic rings. The Hall–Kier alpha value is -2.92. The summed E-state index contributed by atoms with van der Waals surface area (Å²) in [7, 11) is 0. The highest BCUT2D eigenvalue weighted by atomic mass is 16.3. The highest BCUT2D eigenvalue weighted by molar-refractivity contribution is 5.93. The number of hydrogen-bond acceptors (Lipinski definition) is 4. The number of benzene rings is 2. The number of rotatable bonds is 4. The molecule has 0 radical (unpaired) electrons. The van der Waals surface area contributed by atoms with Gasteiger partial charge in [-0.2, -0.15) is 0 Å². The van der Waals surface area contributed by atoms with Gasteiger partial charge in [-0.25, -0.2) is 0 Å². The standard InChI is InChI=1S/C23H24N2O3/c1-2-17-8-9-21-19(14-17)20(26)15-22(28-21)23(27)25-12-10-24(11-13-25)16-18-6-4-3-5-7-18/h3-9,14-15H,2,10-13,16H2,1H3. The van der Waals surface area contributed by atoms with Crippen molar-refractivity contribution in [1.82, 2.24) is 9.80 Å². The van der Waals surface area contributed by atoms with E-state index in [1.54, 1.807) is 11.0 Å². The summed E-state index contributed by atoms with van der Waals surface area (Å²) < 4.78 is 5.77.